The first-order chi connectivity index (χ1) is 9.81. The average Bonchev–Trinajstić information content (AvgIpc) is 2.75. The van der Waals surface area contributed by atoms with Crippen LogP contribution in [0.2, 0.25) is 0 Å². The second-order valence-corrected chi connectivity index (χ2v) is 6.69. The Hall–Kier alpha value is -1.16. The van der Waals surface area contributed by atoms with Crippen LogP contribution in [0, 0.1) is 17.6 Å². The summed E-state index contributed by atoms with van der Waals surface area (Å²) in [5.41, 5.74) is 0.668. The maximum atomic E-state index is 13.9. The summed E-state index contributed by atoms with van der Waals surface area (Å²) in [7, 11) is 0. The van der Waals surface area contributed by atoms with Crippen molar-refractivity contribution in [1.82, 2.24) is 9.55 Å². The third kappa shape index (κ3) is 3.37. The van der Waals surface area contributed by atoms with Crippen LogP contribution in [0.5, 0.6) is 0 Å². The summed E-state index contributed by atoms with van der Waals surface area (Å²) in [6, 6.07) is 2.29. The lowest BCUT2D eigenvalue weighted by Gasteiger charge is -2.19. The molecule has 0 bridgehead atoms. The molecule has 0 aliphatic rings. The summed E-state index contributed by atoms with van der Waals surface area (Å²) in [6.07, 6.45) is 1.95. The van der Waals surface area contributed by atoms with Crippen LogP contribution in [0.25, 0.3) is 11.0 Å². The summed E-state index contributed by atoms with van der Waals surface area (Å²) in [4.78, 5) is 4.29. The number of fused-ring (bicyclic) bond motifs is 1. The molecule has 2 unspecified atom stereocenters. The fourth-order valence-corrected chi connectivity index (χ4v) is 2.74. The third-order valence-corrected chi connectivity index (χ3v) is 3.89. The van der Waals surface area contributed by atoms with Crippen molar-refractivity contribution in [3.05, 3.63) is 29.6 Å². The second kappa shape index (κ2) is 6.30. The minimum absolute atomic E-state index is 0.0924. The molecule has 0 spiro atoms. The van der Waals surface area contributed by atoms with Gasteiger partial charge in [-0.2, -0.15) is 0 Å². The molecule has 0 fully saturated rings. The highest BCUT2D eigenvalue weighted by molar-refractivity contribution is 6.20. The first kappa shape index (κ1) is 16.2. The predicted octanol–water partition coefficient (Wildman–Crippen LogP) is 5.61. The van der Waals surface area contributed by atoms with Crippen LogP contribution in [0.3, 0.4) is 0 Å². The van der Waals surface area contributed by atoms with Crippen LogP contribution < -0.4 is 0 Å². The van der Waals surface area contributed by atoms with E-state index in [1.165, 1.54) is 6.07 Å². The van der Waals surface area contributed by atoms with Gasteiger partial charge in [0.15, 0.2) is 5.82 Å². The number of aromatic nitrogens is 2. The molecule has 21 heavy (non-hydrogen) atoms. The Labute approximate surface area is 129 Å². The van der Waals surface area contributed by atoms with E-state index in [1.54, 1.807) is 6.92 Å². The Bertz CT molecular complexity index is 635. The number of benzene rings is 1. The highest BCUT2D eigenvalue weighted by atomic mass is 35.5. The maximum absolute atomic E-state index is 13.9. The van der Waals surface area contributed by atoms with Gasteiger partial charge in [0.1, 0.15) is 17.2 Å². The fraction of sp³-hybridized carbons (Fsp3) is 0.562. The van der Waals surface area contributed by atoms with Gasteiger partial charge in [0.25, 0.3) is 0 Å². The van der Waals surface area contributed by atoms with E-state index in [2.05, 4.69) is 18.8 Å². The molecule has 2 nitrogen and oxygen atoms in total. The number of halogens is 3. The van der Waals surface area contributed by atoms with Gasteiger partial charge in [-0.15, -0.1) is 11.6 Å². The zero-order chi connectivity index (χ0) is 15.7. The summed E-state index contributed by atoms with van der Waals surface area (Å²) in [5.74, 6) is -0.0654. The van der Waals surface area contributed by atoms with Crippen LogP contribution in [0.1, 0.15) is 57.8 Å². The summed E-state index contributed by atoms with van der Waals surface area (Å²) >= 11 is 6.18. The normalized spacial score (nSPS) is 14.9. The topological polar surface area (TPSA) is 17.8 Å². The van der Waals surface area contributed by atoms with E-state index in [0.717, 1.165) is 18.9 Å². The maximum Gasteiger partial charge on any atom is 0.153 e. The smallest absolute Gasteiger partial charge is 0.153 e. The Morgan fingerprint density at radius 3 is 2.38 bits per heavy atom. The molecule has 0 saturated heterocycles. The zero-order valence-electron chi connectivity index (χ0n) is 12.8. The number of hydrogen-bond donors (Lipinski definition) is 0. The molecular weight excluding hydrogens is 294 g/mol. The highest BCUT2D eigenvalue weighted by Gasteiger charge is 2.21. The summed E-state index contributed by atoms with van der Waals surface area (Å²) < 4.78 is 29.4. The molecule has 2 aromatic rings. The Balaban J connectivity index is 2.55. The van der Waals surface area contributed by atoms with E-state index in [0.29, 0.717) is 17.3 Å². The lowest BCUT2D eigenvalue weighted by atomic mass is 10.0. The quantitative estimate of drug-likeness (QED) is 0.656. The van der Waals surface area contributed by atoms with E-state index in [1.807, 2.05) is 11.5 Å². The molecule has 1 aromatic heterocycles. The molecule has 0 amide bonds. The van der Waals surface area contributed by atoms with E-state index >= 15 is 0 Å². The molecular formula is C16H21ClF2N2. The van der Waals surface area contributed by atoms with E-state index in [-0.39, 0.29) is 16.9 Å². The van der Waals surface area contributed by atoms with Crippen LogP contribution in [0.15, 0.2) is 12.1 Å². The minimum Gasteiger partial charge on any atom is -0.324 e. The van der Waals surface area contributed by atoms with Gasteiger partial charge in [-0.3, -0.25) is 0 Å². The van der Waals surface area contributed by atoms with Crippen molar-refractivity contribution in [3.8, 4) is 0 Å². The summed E-state index contributed by atoms with van der Waals surface area (Å²) in [5, 5.41) is -0.360. The first-order valence-corrected chi connectivity index (χ1v) is 7.75. The SMILES string of the molecule is CC(C)CCC(C)n1c(C(C)Cl)nc2c(F)cc(F)cc21. The standard InChI is InChI=1S/C16H21ClF2N2/c1-9(2)5-6-10(3)21-14-8-12(18)7-13(19)15(14)20-16(21)11(4)17/h7-11H,5-6H2,1-4H3. The minimum atomic E-state index is -0.640. The molecule has 2 atom stereocenters. The Morgan fingerprint density at radius 1 is 1.14 bits per heavy atom. The molecule has 0 N–H and O–H groups in total. The molecule has 0 aliphatic heterocycles. The molecule has 0 aliphatic carbocycles. The molecule has 1 heterocycles. The van der Waals surface area contributed by atoms with Crippen molar-refractivity contribution in [2.75, 3.05) is 0 Å². The van der Waals surface area contributed by atoms with Gasteiger partial charge < -0.3 is 4.57 Å². The second-order valence-electron chi connectivity index (χ2n) is 6.03. The van der Waals surface area contributed by atoms with Crippen LogP contribution in [0.4, 0.5) is 8.78 Å². The lowest BCUT2D eigenvalue weighted by molar-refractivity contribution is 0.436. The van der Waals surface area contributed by atoms with Crippen LogP contribution in [-0.4, -0.2) is 9.55 Å². The number of rotatable bonds is 5. The van der Waals surface area contributed by atoms with E-state index in [9.17, 15) is 8.78 Å². The van der Waals surface area contributed by atoms with Gasteiger partial charge in [0, 0.05) is 12.1 Å². The first-order valence-electron chi connectivity index (χ1n) is 7.32. The number of imidazole rings is 1. The largest absolute Gasteiger partial charge is 0.324 e. The number of alkyl halides is 1. The van der Waals surface area contributed by atoms with Crippen LogP contribution in [-0.2, 0) is 0 Å². The van der Waals surface area contributed by atoms with E-state index < -0.39 is 11.6 Å². The van der Waals surface area contributed by atoms with Crippen molar-refractivity contribution in [2.45, 2.75) is 52.0 Å². The van der Waals surface area contributed by atoms with Gasteiger partial charge in [-0.05, 0) is 38.7 Å². The van der Waals surface area contributed by atoms with Crippen molar-refractivity contribution in [1.29, 1.82) is 0 Å². The van der Waals surface area contributed by atoms with Gasteiger partial charge in [0.2, 0.25) is 0 Å². The van der Waals surface area contributed by atoms with E-state index in [4.69, 9.17) is 11.6 Å². The molecule has 0 radical (unpaired) electrons. The fourth-order valence-electron chi connectivity index (χ4n) is 2.59. The Morgan fingerprint density at radius 2 is 1.81 bits per heavy atom. The highest BCUT2D eigenvalue weighted by Crippen LogP contribution is 2.31. The molecule has 5 heteroatoms. The van der Waals surface area contributed by atoms with Gasteiger partial charge in [-0.25, -0.2) is 13.8 Å². The molecule has 0 saturated carbocycles. The average molecular weight is 315 g/mol. The van der Waals surface area contributed by atoms with Gasteiger partial charge in [-0.1, -0.05) is 13.8 Å². The van der Waals surface area contributed by atoms with Crippen molar-refractivity contribution in [2.24, 2.45) is 5.92 Å². The van der Waals surface area contributed by atoms with Crippen molar-refractivity contribution in [3.63, 3.8) is 0 Å². The van der Waals surface area contributed by atoms with Crippen molar-refractivity contribution < 1.29 is 8.78 Å². The summed E-state index contributed by atoms with van der Waals surface area (Å²) in [6.45, 7) is 8.14. The monoisotopic (exact) mass is 314 g/mol. The molecule has 116 valence electrons. The predicted molar refractivity (Wildman–Crippen MR) is 82.7 cm³/mol. The number of nitrogens with zero attached hydrogens (tertiary/aromatic N) is 2. The van der Waals surface area contributed by atoms with Gasteiger partial charge >= 0.3 is 0 Å². The Kier molecular flexibility index (Phi) is 4.87. The number of hydrogen-bond acceptors (Lipinski definition) is 1. The lowest BCUT2D eigenvalue weighted by Crippen LogP contribution is -2.11. The van der Waals surface area contributed by atoms with Gasteiger partial charge in [0.05, 0.1) is 10.9 Å². The third-order valence-electron chi connectivity index (χ3n) is 3.70. The molecule has 2 rings (SSSR count). The van der Waals surface area contributed by atoms with Crippen molar-refractivity contribution >= 4 is 22.6 Å². The molecule has 1 aromatic carbocycles. The van der Waals surface area contributed by atoms with Crippen LogP contribution >= 0.6 is 11.6 Å². The zero-order valence-corrected chi connectivity index (χ0v) is 13.6.